The van der Waals surface area contributed by atoms with Crippen molar-refractivity contribution in [2.75, 3.05) is 44.2 Å². The number of amides is 3. The Labute approximate surface area is 232 Å². The third-order valence-electron chi connectivity index (χ3n) is 8.18. The Bertz CT molecular complexity index is 1320. The van der Waals surface area contributed by atoms with Crippen LogP contribution in [0.2, 0.25) is 0 Å². The van der Waals surface area contributed by atoms with Gasteiger partial charge in [0.2, 0.25) is 5.91 Å². The number of piperidine rings is 1. The molecule has 0 saturated carbocycles. The fraction of sp³-hybridized carbons (Fsp3) is 0.355. The molecule has 2 aliphatic heterocycles. The molecule has 2 fully saturated rings. The number of halogens is 3. The number of nitrogens with one attached hydrogen (secondary N) is 1. The van der Waals surface area contributed by atoms with Crippen LogP contribution in [0, 0.1) is 17.5 Å². The number of hydrogen-bond acceptors (Lipinski definition) is 3. The Morgan fingerprint density at radius 2 is 1.18 bits per heavy atom. The standard InChI is InChI=1S/C31H33F3N4O2/c1-22(23-2-6-25(32)7-3-23)35-29(39)31(24-4-8-26(33)9-5-24)14-16-37(17-15-31)30(40)38-20-18-36(19-21-38)28-12-10-27(34)11-13-28/h2-13,22H,14-21H2,1H3,(H,35,39)/t22-/m0/s1. The van der Waals surface area contributed by atoms with Crippen LogP contribution in [0.25, 0.3) is 0 Å². The number of likely N-dealkylation sites (tertiary alicyclic amines) is 1. The summed E-state index contributed by atoms with van der Waals surface area (Å²) in [5.74, 6) is -1.21. The molecule has 6 nitrogen and oxygen atoms in total. The van der Waals surface area contributed by atoms with Gasteiger partial charge in [0.25, 0.3) is 0 Å². The van der Waals surface area contributed by atoms with E-state index in [2.05, 4.69) is 10.2 Å². The lowest BCUT2D eigenvalue weighted by molar-refractivity contribution is -0.129. The summed E-state index contributed by atoms with van der Waals surface area (Å²) in [4.78, 5) is 32.9. The van der Waals surface area contributed by atoms with Crippen molar-refractivity contribution in [3.63, 3.8) is 0 Å². The van der Waals surface area contributed by atoms with Gasteiger partial charge in [0.05, 0.1) is 11.5 Å². The van der Waals surface area contributed by atoms with Crippen molar-refractivity contribution in [3.05, 3.63) is 101 Å². The van der Waals surface area contributed by atoms with Crippen molar-refractivity contribution >= 4 is 17.6 Å². The van der Waals surface area contributed by atoms with Gasteiger partial charge in [-0.2, -0.15) is 0 Å². The number of hydrogen-bond donors (Lipinski definition) is 1. The van der Waals surface area contributed by atoms with Gasteiger partial charge < -0.3 is 20.0 Å². The van der Waals surface area contributed by atoms with Crippen LogP contribution >= 0.6 is 0 Å². The van der Waals surface area contributed by atoms with Gasteiger partial charge in [0, 0.05) is 45.0 Å². The van der Waals surface area contributed by atoms with E-state index in [0.29, 0.717) is 57.7 Å². The van der Waals surface area contributed by atoms with Crippen LogP contribution in [0.15, 0.2) is 72.8 Å². The number of rotatable bonds is 5. The van der Waals surface area contributed by atoms with Crippen molar-refractivity contribution in [1.29, 1.82) is 0 Å². The zero-order valence-electron chi connectivity index (χ0n) is 22.5. The minimum Gasteiger partial charge on any atom is -0.368 e. The van der Waals surface area contributed by atoms with Crippen molar-refractivity contribution in [3.8, 4) is 0 Å². The first-order chi connectivity index (χ1) is 19.2. The SMILES string of the molecule is C[C@H](NC(=O)C1(c2ccc(F)cc2)CCN(C(=O)N2CCN(c3ccc(F)cc3)CC2)CC1)c1ccc(F)cc1. The van der Waals surface area contributed by atoms with E-state index in [0.717, 1.165) is 11.3 Å². The second-order valence-corrected chi connectivity index (χ2v) is 10.6. The molecule has 3 amide bonds. The summed E-state index contributed by atoms with van der Waals surface area (Å²) in [5.41, 5.74) is 1.48. The Morgan fingerprint density at radius 3 is 1.73 bits per heavy atom. The number of piperazine rings is 1. The monoisotopic (exact) mass is 550 g/mol. The van der Waals surface area contributed by atoms with Crippen LogP contribution in [0.3, 0.4) is 0 Å². The van der Waals surface area contributed by atoms with E-state index >= 15 is 0 Å². The summed E-state index contributed by atoms with van der Waals surface area (Å²) in [6, 6.07) is 17.9. The van der Waals surface area contributed by atoms with Crippen LogP contribution in [-0.4, -0.2) is 61.0 Å². The third kappa shape index (κ3) is 5.78. The van der Waals surface area contributed by atoms with E-state index in [1.165, 1.54) is 36.4 Å². The van der Waals surface area contributed by atoms with Gasteiger partial charge in [-0.05, 0) is 79.4 Å². The Hall–Kier alpha value is -4.01. The second-order valence-electron chi connectivity index (χ2n) is 10.6. The third-order valence-corrected chi connectivity index (χ3v) is 8.18. The van der Waals surface area contributed by atoms with Crippen LogP contribution < -0.4 is 10.2 Å². The molecule has 0 aliphatic carbocycles. The molecule has 5 rings (SSSR count). The normalized spacial score (nSPS) is 17.9. The molecule has 9 heteroatoms. The summed E-state index contributed by atoms with van der Waals surface area (Å²) in [6.45, 7) is 4.99. The van der Waals surface area contributed by atoms with Crippen molar-refractivity contribution in [2.45, 2.75) is 31.2 Å². The lowest BCUT2D eigenvalue weighted by Gasteiger charge is -2.44. The lowest BCUT2D eigenvalue weighted by Crippen LogP contribution is -2.57. The largest absolute Gasteiger partial charge is 0.368 e. The fourth-order valence-electron chi connectivity index (χ4n) is 5.67. The number of nitrogens with zero attached hydrogens (tertiary/aromatic N) is 3. The molecule has 3 aromatic carbocycles. The molecular formula is C31H33F3N4O2. The van der Waals surface area contributed by atoms with Gasteiger partial charge in [0.15, 0.2) is 0 Å². The highest BCUT2D eigenvalue weighted by Crippen LogP contribution is 2.37. The minimum atomic E-state index is -0.931. The van der Waals surface area contributed by atoms with E-state index < -0.39 is 5.41 Å². The highest BCUT2D eigenvalue weighted by Gasteiger charge is 2.44. The number of carbonyl (C=O) groups is 2. The molecule has 210 valence electrons. The lowest BCUT2D eigenvalue weighted by atomic mass is 9.71. The van der Waals surface area contributed by atoms with Crippen LogP contribution in [-0.2, 0) is 10.2 Å². The zero-order valence-corrected chi connectivity index (χ0v) is 22.5. The molecule has 2 saturated heterocycles. The van der Waals surface area contributed by atoms with Gasteiger partial charge >= 0.3 is 6.03 Å². The molecule has 2 heterocycles. The Morgan fingerprint density at radius 1 is 0.700 bits per heavy atom. The first-order valence-corrected chi connectivity index (χ1v) is 13.6. The summed E-state index contributed by atoms with van der Waals surface area (Å²) < 4.78 is 40.4. The average molecular weight is 551 g/mol. The molecule has 3 aromatic rings. The van der Waals surface area contributed by atoms with Gasteiger partial charge in [-0.3, -0.25) is 4.79 Å². The summed E-state index contributed by atoms with van der Waals surface area (Å²) in [5, 5.41) is 3.07. The van der Waals surface area contributed by atoms with Crippen LogP contribution in [0.5, 0.6) is 0 Å². The predicted molar refractivity (Wildman–Crippen MR) is 147 cm³/mol. The summed E-state index contributed by atoms with van der Waals surface area (Å²) >= 11 is 0. The Kier molecular flexibility index (Phi) is 8.00. The first kappa shape index (κ1) is 27.6. The van der Waals surface area contributed by atoms with Gasteiger partial charge in [-0.25, -0.2) is 18.0 Å². The molecule has 0 unspecified atom stereocenters. The zero-order chi connectivity index (χ0) is 28.3. The second kappa shape index (κ2) is 11.6. The highest BCUT2D eigenvalue weighted by atomic mass is 19.1. The maximum Gasteiger partial charge on any atom is 0.320 e. The quantitative estimate of drug-likeness (QED) is 0.472. The molecule has 2 aliphatic rings. The number of carbonyl (C=O) groups excluding carboxylic acids is 2. The molecule has 1 atom stereocenters. The van der Waals surface area contributed by atoms with Crippen molar-refractivity contribution in [1.82, 2.24) is 15.1 Å². The highest BCUT2D eigenvalue weighted by molar-refractivity contribution is 5.89. The van der Waals surface area contributed by atoms with E-state index in [-0.39, 0.29) is 35.4 Å². The van der Waals surface area contributed by atoms with Crippen molar-refractivity contribution in [2.24, 2.45) is 0 Å². The molecule has 0 radical (unpaired) electrons. The Balaban J connectivity index is 1.25. The predicted octanol–water partition coefficient (Wildman–Crippen LogP) is 5.26. The maximum atomic E-state index is 13.8. The molecule has 40 heavy (non-hydrogen) atoms. The van der Waals surface area contributed by atoms with E-state index in [9.17, 15) is 22.8 Å². The fourth-order valence-corrected chi connectivity index (χ4v) is 5.67. The van der Waals surface area contributed by atoms with E-state index in [4.69, 9.17) is 0 Å². The number of urea groups is 1. The molecule has 0 bridgehead atoms. The molecule has 1 N–H and O–H groups in total. The summed E-state index contributed by atoms with van der Waals surface area (Å²) in [6.07, 6.45) is 0.782. The smallest absolute Gasteiger partial charge is 0.320 e. The summed E-state index contributed by atoms with van der Waals surface area (Å²) in [7, 11) is 0. The number of anilines is 1. The van der Waals surface area contributed by atoms with Gasteiger partial charge in [-0.1, -0.05) is 24.3 Å². The average Bonchev–Trinajstić information content (AvgIpc) is 2.98. The van der Waals surface area contributed by atoms with Crippen molar-refractivity contribution < 1.29 is 22.8 Å². The maximum absolute atomic E-state index is 13.8. The number of benzene rings is 3. The first-order valence-electron chi connectivity index (χ1n) is 13.6. The van der Waals surface area contributed by atoms with Gasteiger partial charge in [0.1, 0.15) is 17.5 Å². The minimum absolute atomic E-state index is 0.0634. The molecule has 0 aromatic heterocycles. The topological polar surface area (TPSA) is 55.9 Å². The molecular weight excluding hydrogens is 517 g/mol. The van der Waals surface area contributed by atoms with Crippen LogP contribution in [0.4, 0.5) is 23.7 Å². The molecule has 0 spiro atoms. The van der Waals surface area contributed by atoms with Crippen LogP contribution in [0.1, 0.15) is 36.9 Å². The van der Waals surface area contributed by atoms with E-state index in [1.54, 1.807) is 41.3 Å². The van der Waals surface area contributed by atoms with E-state index in [1.807, 2.05) is 11.8 Å². The van der Waals surface area contributed by atoms with Gasteiger partial charge in [-0.15, -0.1) is 0 Å².